The van der Waals surface area contributed by atoms with Crippen molar-refractivity contribution in [1.29, 1.82) is 0 Å². The van der Waals surface area contributed by atoms with Crippen LogP contribution in [0.4, 0.5) is 4.39 Å². The van der Waals surface area contributed by atoms with Crippen LogP contribution in [-0.4, -0.2) is 37.3 Å². The second-order valence-electron chi connectivity index (χ2n) is 6.30. The lowest BCUT2D eigenvalue weighted by atomic mass is 10.0. The maximum Gasteiger partial charge on any atom is 0.326 e. The van der Waals surface area contributed by atoms with Crippen molar-refractivity contribution in [3.63, 3.8) is 0 Å². The first kappa shape index (κ1) is 16.2. The van der Waals surface area contributed by atoms with Crippen LogP contribution in [0, 0.1) is 5.82 Å². The summed E-state index contributed by atoms with van der Waals surface area (Å²) in [5, 5.41) is 0. The Bertz CT molecular complexity index is 1070. The van der Waals surface area contributed by atoms with E-state index in [0.29, 0.717) is 29.8 Å². The summed E-state index contributed by atoms with van der Waals surface area (Å²) >= 11 is 0. The van der Waals surface area contributed by atoms with Gasteiger partial charge in [-0.2, -0.15) is 0 Å². The summed E-state index contributed by atoms with van der Waals surface area (Å²) in [4.78, 5) is 49.4. The standard InChI is InChI=1S/C17H16FN5O3/c18-9-4-5-10-11(7-9)20-15(19-10)13-3-1-2-6-23(13)16(25)12-8-14(24)22-17(26)21-12/h4-5,7-8,13H,1-3,6H2,(H,19,20)(H2,21,22,24,26)/t13-/m0/s1. The first-order chi connectivity index (χ1) is 12.5. The van der Waals surface area contributed by atoms with E-state index < -0.39 is 17.2 Å². The molecule has 0 bridgehead atoms. The third-order valence-electron chi connectivity index (χ3n) is 4.53. The molecule has 3 N–H and O–H groups in total. The maximum atomic E-state index is 13.4. The molecule has 8 nitrogen and oxygen atoms in total. The summed E-state index contributed by atoms with van der Waals surface area (Å²) in [5.74, 6) is -0.249. The molecule has 1 fully saturated rings. The molecule has 3 heterocycles. The molecule has 0 radical (unpaired) electrons. The topological polar surface area (TPSA) is 115 Å². The first-order valence-corrected chi connectivity index (χ1v) is 8.31. The van der Waals surface area contributed by atoms with Crippen LogP contribution < -0.4 is 11.2 Å². The molecule has 0 spiro atoms. The zero-order chi connectivity index (χ0) is 18.3. The van der Waals surface area contributed by atoms with Gasteiger partial charge >= 0.3 is 5.69 Å². The molecule has 1 amide bonds. The Morgan fingerprint density at radius 3 is 2.81 bits per heavy atom. The van der Waals surface area contributed by atoms with Crippen molar-refractivity contribution >= 4 is 16.9 Å². The second kappa shape index (κ2) is 6.25. The predicted molar refractivity (Wildman–Crippen MR) is 91.4 cm³/mol. The molecule has 0 aliphatic carbocycles. The Balaban J connectivity index is 1.72. The van der Waals surface area contributed by atoms with Crippen LogP contribution in [0.3, 0.4) is 0 Å². The van der Waals surface area contributed by atoms with Crippen molar-refractivity contribution in [2.24, 2.45) is 0 Å². The fourth-order valence-corrected chi connectivity index (χ4v) is 3.36. The van der Waals surface area contributed by atoms with Gasteiger partial charge in [0.1, 0.15) is 17.3 Å². The van der Waals surface area contributed by atoms with Gasteiger partial charge in [-0.1, -0.05) is 0 Å². The molecule has 0 unspecified atom stereocenters. The van der Waals surface area contributed by atoms with Gasteiger partial charge in [0.15, 0.2) is 0 Å². The number of amides is 1. The Morgan fingerprint density at radius 2 is 2.00 bits per heavy atom. The highest BCUT2D eigenvalue weighted by atomic mass is 19.1. The monoisotopic (exact) mass is 357 g/mol. The number of likely N-dealkylation sites (tertiary alicyclic amines) is 1. The van der Waals surface area contributed by atoms with Gasteiger partial charge in [0.25, 0.3) is 11.5 Å². The summed E-state index contributed by atoms with van der Waals surface area (Å²) in [5.41, 5.74) is -0.252. The van der Waals surface area contributed by atoms with Gasteiger partial charge < -0.3 is 14.9 Å². The van der Waals surface area contributed by atoms with Crippen LogP contribution in [0.15, 0.2) is 33.9 Å². The fourth-order valence-electron chi connectivity index (χ4n) is 3.36. The van der Waals surface area contributed by atoms with Crippen LogP contribution in [-0.2, 0) is 0 Å². The van der Waals surface area contributed by atoms with Crippen LogP contribution >= 0.6 is 0 Å². The number of nitrogens with zero attached hydrogens (tertiary/aromatic N) is 2. The highest BCUT2D eigenvalue weighted by molar-refractivity contribution is 5.92. The molecule has 1 saturated heterocycles. The molecule has 9 heteroatoms. The molecule has 4 rings (SSSR count). The lowest BCUT2D eigenvalue weighted by Crippen LogP contribution is -2.40. The number of fused-ring (bicyclic) bond motifs is 1. The lowest BCUT2D eigenvalue weighted by molar-refractivity contribution is 0.0594. The van der Waals surface area contributed by atoms with Gasteiger partial charge in [-0.25, -0.2) is 14.2 Å². The Hall–Kier alpha value is -3.23. The quantitative estimate of drug-likeness (QED) is 0.644. The van der Waals surface area contributed by atoms with E-state index in [1.54, 1.807) is 11.0 Å². The highest BCUT2D eigenvalue weighted by Crippen LogP contribution is 2.31. The number of carbonyl (C=O) groups is 1. The summed E-state index contributed by atoms with van der Waals surface area (Å²) in [7, 11) is 0. The molecule has 1 aliphatic heterocycles. The average Bonchev–Trinajstić information content (AvgIpc) is 3.03. The average molecular weight is 357 g/mol. The van der Waals surface area contributed by atoms with E-state index in [-0.39, 0.29) is 17.6 Å². The first-order valence-electron chi connectivity index (χ1n) is 8.31. The highest BCUT2D eigenvalue weighted by Gasteiger charge is 2.31. The Kier molecular flexibility index (Phi) is 3.90. The van der Waals surface area contributed by atoms with Crippen molar-refractivity contribution < 1.29 is 9.18 Å². The Labute approximate surface area is 146 Å². The van der Waals surface area contributed by atoms with E-state index in [4.69, 9.17) is 0 Å². The summed E-state index contributed by atoms with van der Waals surface area (Å²) in [6, 6.07) is 5.00. The number of nitrogens with one attached hydrogen (secondary N) is 3. The number of carbonyl (C=O) groups excluding carboxylic acids is 1. The number of benzene rings is 1. The number of piperidine rings is 1. The SMILES string of the molecule is O=C(c1cc(=O)[nH]c(=O)[nH]1)N1CCCC[C@H]1c1nc2ccc(F)cc2[nH]1. The minimum absolute atomic E-state index is 0.0622. The van der Waals surface area contributed by atoms with Gasteiger partial charge in [-0.05, 0) is 37.5 Å². The van der Waals surface area contributed by atoms with E-state index in [2.05, 4.69) is 15.0 Å². The molecule has 2 aromatic heterocycles. The smallest absolute Gasteiger partial charge is 0.326 e. The number of hydrogen-bond donors (Lipinski definition) is 3. The number of imidazole rings is 1. The third-order valence-corrected chi connectivity index (χ3v) is 4.53. The number of aromatic amines is 3. The van der Waals surface area contributed by atoms with Gasteiger partial charge in [0, 0.05) is 12.6 Å². The molecule has 1 atom stereocenters. The summed E-state index contributed by atoms with van der Waals surface area (Å²) < 4.78 is 13.4. The fraction of sp³-hybridized carbons (Fsp3) is 0.294. The van der Waals surface area contributed by atoms with E-state index in [0.717, 1.165) is 18.9 Å². The summed E-state index contributed by atoms with van der Waals surface area (Å²) in [6.07, 6.45) is 2.40. The maximum absolute atomic E-state index is 13.4. The molecule has 1 aliphatic rings. The van der Waals surface area contributed by atoms with Gasteiger partial charge in [-0.3, -0.25) is 14.6 Å². The van der Waals surface area contributed by atoms with Crippen molar-refractivity contribution in [3.05, 3.63) is 62.4 Å². The van der Waals surface area contributed by atoms with Crippen molar-refractivity contribution in [3.8, 4) is 0 Å². The molecule has 134 valence electrons. The van der Waals surface area contributed by atoms with Crippen molar-refractivity contribution in [2.45, 2.75) is 25.3 Å². The number of hydrogen-bond acceptors (Lipinski definition) is 4. The van der Waals surface area contributed by atoms with Gasteiger partial charge in [0.2, 0.25) is 0 Å². The van der Waals surface area contributed by atoms with E-state index in [9.17, 15) is 18.8 Å². The number of aromatic nitrogens is 4. The molecular formula is C17H16FN5O3. The number of H-pyrrole nitrogens is 3. The lowest BCUT2D eigenvalue weighted by Gasteiger charge is -2.34. The summed E-state index contributed by atoms with van der Waals surface area (Å²) in [6.45, 7) is 0.476. The van der Waals surface area contributed by atoms with Crippen LogP contribution in [0.25, 0.3) is 11.0 Å². The third kappa shape index (κ3) is 2.92. The van der Waals surface area contributed by atoms with Crippen molar-refractivity contribution in [2.75, 3.05) is 6.54 Å². The molecule has 3 aromatic rings. The normalized spacial score (nSPS) is 17.6. The molecular weight excluding hydrogens is 341 g/mol. The zero-order valence-electron chi connectivity index (χ0n) is 13.7. The Morgan fingerprint density at radius 1 is 1.15 bits per heavy atom. The van der Waals surface area contributed by atoms with Crippen LogP contribution in [0.1, 0.15) is 41.6 Å². The van der Waals surface area contributed by atoms with E-state index in [1.165, 1.54) is 12.1 Å². The second-order valence-corrected chi connectivity index (χ2v) is 6.30. The largest absolute Gasteiger partial charge is 0.340 e. The number of rotatable bonds is 2. The van der Waals surface area contributed by atoms with E-state index >= 15 is 0 Å². The van der Waals surface area contributed by atoms with Gasteiger partial charge in [0.05, 0.1) is 17.1 Å². The molecule has 1 aromatic carbocycles. The van der Waals surface area contributed by atoms with E-state index in [1.807, 2.05) is 4.98 Å². The minimum atomic E-state index is -0.728. The number of halogens is 1. The van der Waals surface area contributed by atoms with Crippen LogP contribution in [0.5, 0.6) is 0 Å². The molecule has 0 saturated carbocycles. The van der Waals surface area contributed by atoms with Crippen molar-refractivity contribution in [1.82, 2.24) is 24.8 Å². The molecule has 26 heavy (non-hydrogen) atoms. The minimum Gasteiger partial charge on any atom is -0.340 e. The van der Waals surface area contributed by atoms with Gasteiger partial charge in [-0.15, -0.1) is 0 Å². The zero-order valence-corrected chi connectivity index (χ0v) is 13.7. The predicted octanol–water partition coefficient (Wildman–Crippen LogP) is 1.45. The van der Waals surface area contributed by atoms with Crippen LogP contribution in [0.2, 0.25) is 0 Å².